The van der Waals surface area contributed by atoms with Crippen LogP contribution in [-0.4, -0.2) is 24.1 Å². The molecule has 1 heterocycles. The molecule has 1 rings (SSSR count). The van der Waals surface area contributed by atoms with Crippen LogP contribution in [0, 0.1) is 11.6 Å². The summed E-state index contributed by atoms with van der Waals surface area (Å²) in [5.74, 6) is -1.26. The number of pyridine rings is 1. The molecule has 2 N–H and O–H groups in total. The summed E-state index contributed by atoms with van der Waals surface area (Å²) in [6, 6.07) is 0.811. The molecule has 0 amide bonds. The number of likely N-dealkylation sites (N-methyl/N-ethyl adjacent to an activating group) is 1. The molecular formula is C10H15F2N3. The molecule has 84 valence electrons. The smallest absolute Gasteiger partial charge is 0.168 e. The zero-order valence-electron chi connectivity index (χ0n) is 9.09. The predicted octanol–water partition coefficient (Wildman–Crippen LogP) is 1.53. The van der Waals surface area contributed by atoms with E-state index in [0.717, 1.165) is 12.3 Å². The van der Waals surface area contributed by atoms with Crippen molar-refractivity contribution < 1.29 is 8.78 Å². The lowest BCUT2D eigenvalue weighted by Gasteiger charge is -2.35. The van der Waals surface area contributed by atoms with Crippen LogP contribution in [0.1, 0.15) is 13.8 Å². The summed E-state index contributed by atoms with van der Waals surface area (Å²) in [6.45, 7) is 4.07. The van der Waals surface area contributed by atoms with Gasteiger partial charge in [-0.25, -0.2) is 13.8 Å². The standard InChI is InChI=1S/C10H15F2N3/c1-10(2,6-13)15(3)9-8(12)4-7(11)5-14-9/h4-5H,6,13H2,1-3H3. The maximum Gasteiger partial charge on any atom is 0.168 e. The van der Waals surface area contributed by atoms with Gasteiger partial charge in [-0.15, -0.1) is 0 Å². The van der Waals surface area contributed by atoms with Gasteiger partial charge in [0.05, 0.1) is 6.20 Å². The largest absolute Gasteiger partial charge is 0.351 e. The maximum absolute atomic E-state index is 13.4. The summed E-state index contributed by atoms with van der Waals surface area (Å²) in [4.78, 5) is 5.31. The highest BCUT2D eigenvalue weighted by Crippen LogP contribution is 2.22. The minimum Gasteiger partial charge on any atom is -0.351 e. The summed E-state index contributed by atoms with van der Waals surface area (Å²) in [6.07, 6.45) is 0.988. The van der Waals surface area contributed by atoms with Gasteiger partial charge in [-0.05, 0) is 13.8 Å². The Bertz CT molecular complexity index is 353. The molecule has 0 aromatic carbocycles. The third kappa shape index (κ3) is 2.41. The quantitative estimate of drug-likeness (QED) is 0.831. The molecule has 15 heavy (non-hydrogen) atoms. The van der Waals surface area contributed by atoms with Gasteiger partial charge in [0.15, 0.2) is 11.6 Å². The van der Waals surface area contributed by atoms with E-state index in [4.69, 9.17) is 5.73 Å². The molecule has 0 unspecified atom stereocenters. The molecule has 0 spiro atoms. The van der Waals surface area contributed by atoms with E-state index in [9.17, 15) is 8.78 Å². The zero-order chi connectivity index (χ0) is 11.6. The van der Waals surface area contributed by atoms with Crippen molar-refractivity contribution in [2.45, 2.75) is 19.4 Å². The van der Waals surface area contributed by atoms with E-state index in [2.05, 4.69) is 4.98 Å². The number of aromatic nitrogens is 1. The second kappa shape index (κ2) is 4.10. The molecule has 0 saturated heterocycles. The lowest BCUT2D eigenvalue weighted by molar-refractivity contribution is 0.479. The van der Waals surface area contributed by atoms with E-state index in [1.54, 1.807) is 11.9 Å². The van der Waals surface area contributed by atoms with Gasteiger partial charge in [0.2, 0.25) is 0 Å². The minimum absolute atomic E-state index is 0.104. The lowest BCUT2D eigenvalue weighted by Crippen LogP contribution is -2.48. The highest BCUT2D eigenvalue weighted by molar-refractivity contribution is 5.41. The molecule has 0 bridgehead atoms. The van der Waals surface area contributed by atoms with Crippen LogP contribution in [0.2, 0.25) is 0 Å². The third-order valence-corrected chi connectivity index (χ3v) is 2.51. The highest BCUT2D eigenvalue weighted by Gasteiger charge is 2.25. The summed E-state index contributed by atoms with van der Waals surface area (Å²) >= 11 is 0. The molecule has 1 aromatic heterocycles. The molecular weight excluding hydrogens is 200 g/mol. The number of halogens is 2. The molecule has 0 aliphatic carbocycles. The Hall–Kier alpha value is -1.23. The third-order valence-electron chi connectivity index (χ3n) is 2.51. The summed E-state index contributed by atoms with van der Waals surface area (Å²) in [7, 11) is 1.68. The fourth-order valence-electron chi connectivity index (χ4n) is 1.08. The monoisotopic (exact) mass is 215 g/mol. The lowest BCUT2D eigenvalue weighted by atomic mass is 10.0. The second-order valence-corrected chi connectivity index (χ2v) is 4.03. The van der Waals surface area contributed by atoms with Gasteiger partial charge in [0, 0.05) is 25.2 Å². The average molecular weight is 215 g/mol. The number of nitrogens with zero attached hydrogens (tertiary/aromatic N) is 2. The fraction of sp³-hybridized carbons (Fsp3) is 0.500. The van der Waals surface area contributed by atoms with E-state index in [1.165, 1.54) is 0 Å². The van der Waals surface area contributed by atoms with E-state index in [1.807, 2.05) is 13.8 Å². The Balaban J connectivity index is 3.06. The van der Waals surface area contributed by atoms with Crippen LogP contribution in [0.4, 0.5) is 14.6 Å². The fourth-order valence-corrected chi connectivity index (χ4v) is 1.08. The topological polar surface area (TPSA) is 42.2 Å². The first-order valence-corrected chi connectivity index (χ1v) is 4.63. The predicted molar refractivity (Wildman–Crippen MR) is 55.7 cm³/mol. The molecule has 0 atom stereocenters. The van der Waals surface area contributed by atoms with E-state index in [-0.39, 0.29) is 5.82 Å². The molecule has 3 nitrogen and oxygen atoms in total. The average Bonchev–Trinajstić information content (AvgIpc) is 2.17. The van der Waals surface area contributed by atoms with Gasteiger partial charge in [0.1, 0.15) is 5.82 Å². The van der Waals surface area contributed by atoms with Crippen LogP contribution in [0.3, 0.4) is 0 Å². The van der Waals surface area contributed by atoms with Crippen molar-refractivity contribution in [1.29, 1.82) is 0 Å². The molecule has 5 heteroatoms. The maximum atomic E-state index is 13.4. The van der Waals surface area contributed by atoms with Crippen molar-refractivity contribution in [3.05, 3.63) is 23.9 Å². The normalized spacial score (nSPS) is 11.6. The Morgan fingerprint density at radius 3 is 2.53 bits per heavy atom. The first-order valence-electron chi connectivity index (χ1n) is 4.63. The second-order valence-electron chi connectivity index (χ2n) is 4.03. The van der Waals surface area contributed by atoms with Crippen molar-refractivity contribution in [3.63, 3.8) is 0 Å². The van der Waals surface area contributed by atoms with Crippen molar-refractivity contribution >= 4 is 5.82 Å². The number of rotatable bonds is 3. The SMILES string of the molecule is CN(c1ncc(F)cc1F)C(C)(C)CN. The number of hydrogen-bond donors (Lipinski definition) is 1. The van der Waals surface area contributed by atoms with Crippen LogP contribution in [0.25, 0.3) is 0 Å². The Labute approximate surface area is 87.9 Å². The Morgan fingerprint density at radius 1 is 1.47 bits per heavy atom. The van der Waals surface area contributed by atoms with E-state index in [0.29, 0.717) is 6.54 Å². The van der Waals surface area contributed by atoms with Gasteiger partial charge in [-0.3, -0.25) is 0 Å². The molecule has 1 aromatic rings. The van der Waals surface area contributed by atoms with Gasteiger partial charge < -0.3 is 10.6 Å². The highest BCUT2D eigenvalue weighted by atomic mass is 19.1. The van der Waals surface area contributed by atoms with Crippen LogP contribution >= 0.6 is 0 Å². The molecule has 0 aliphatic heterocycles. The van der Waals surface area contributed by atoms with Crippen LogP contribution in [-0.2, 0) is 0 Å². The van der Waals surface area contributed by atoms with Crippen molar-refractivity contribution in [3.8, 4) is 0 Å². The Kier molecular flexibility index (Phi) is 3.24. The van der Waals surface area contributed by atoms with Crippen LogP contribution in [0.15, 0.2) is 12.3 Å². The minimum atomic E-state index is -0.685. The molecule has 0 aliphatic rings. The number of hydrogen-bond acceptors (Lipinski definition) is 3. The van der Waals surface area contributed by atoms with Crippen molar-refractivity contribution in [1.82, 2.24) is 4.98 Å². The molecule has 0 saturated carbocycles. The first kappa shape index (κ1) is 11.8. The Morgan fingerprint density at radius 2 is 2.07 bits per heavy atom. The summed E-state index contributed by atoms with van der Waals surface area (Å²) in [5.41, 5.74) is 5.13. The first-order chi connectivity index (χ1) is 6.88. The number of nitrogens with two attached hydrogens (primary N) is 1. The van der Waals surface area contributed by atoms with Gasteiger partial charge in [0.25, 0.3) is 0 Å². The van der Waals surface area contributed by atoms with Gasteiger partial charge in [-0.2, -0.15) is 0 Å². The molecule has 0 fully saturated rings. The number of anilines is 1. The van der Waals surface area contributed by atoms with E-state index < -0.39 is 17.2 Å². The van der Waals surface area contributed by atoms with Crippen molar-refractivity contribution in [2.24, 2.45) is 5.73 Å². The van der Waals surface area contributed by atoms with Crippen LogP contribution < -0.4 is 10.6 Å². The van der Waals surface area contributed by atoms with E-state index >= 15 is 0 Å². The zero-order valence-corrected chi connectivity index (χ0v) is 9.09. The van der Waals surface area contributed by atoms with Gasteiger partial charge in [-0.1, -0.05) is 0 Å². The summed E-state index contributed by atoms with van der Waals surface area (Å²) in [5, 5.41) is 0. The van der Waals surface area contributed by atoms with Crippen molar-refractivity contribution in [2.75, 3.05) is 18.5 Å². The van der Waals surface area contributed by atoms with Crippen LogP contribution in [0.5, 0.6) is 0 Å². The van der Waals surface area contributed by atoms with Gasteiger partial charge >= 0.3 is 0 Å². The summed E-state index contributed by atoms with van der Waals surface area (Å²) < 4.78 is 26.0. The molecule has 0 radical (unpaired) electrons.